The molecule has 288 valence electrons. The summed E-state index contributed by atoms with van der Waals surface area (Å²) in [6.07, 6.45) is 2.24. The third-order valence-corrected chi connectivity index (χ3v) is 13.2. The minimum Gasteiger partial charge on any atom is -0.506 e. The summed E-state index contributed by atoms with van der Waals surface area (Å²) in [5.41, 5.74) is 1.42. The number of anilines is 2. The van der Waals surface area contributed by atoms with Crippen LogP contribution in [0, 0.1) is 11.8 Å². The van der Waals surface area contributed by atoms with Gasteiger partial charge in [0.2, 0.25) is 0 Å². The van der Waals surface area contributed by atoms with Gasteiger partial charge in [0.1, 0.15) is 24.6 Å². The molecule has 2 amide bonds. The zero-order valence-corrected chi connectivity index (χ0v) is 31.7. The molecule has 16 heteroatoms. The van der Waals surface area contributed by atoms with E-state index in [-0.39, 0.29) is 44.6 Å². The highest BCUT2D eigenvalue weighted by atomic mass is 32.2. The Bertz CT molecular complexity index is 2360. The maximum atomic E-state index is 13.8. The summed E-state index contributed by atoms with van der Waals surface area (Å²) >= 11 is 0. The van der Waals surface area contributed by atoms with Crippen molar-refractivity contribution in [1.29, 1.82) is 0 Å². The molecule has 2 saturated heterocycles. The van der Waals surface area contributed by atoms with Crippen LogP contribution < -0.4 is 8.61 Å². The lowest BCUT2D eigenvalue weighted by Crippen LogP contribution is -2.51. The van der Waals surface area contributed by atoms with Crippen molar-refractivity contribution < 1.29 is 46.2 Å². The molecule has 14 nitrogen and oxygen atoms in total. The average molecular weight is 789 g/mol. The van der Waals surface area contributed by atoms with E-state index in [4.69, 9.17) is 0 Å². The van der Waals surface area contributed by atoms with E-state index in [1.807, 2.05) is 13.8 Å². The van der Waals surface area contributed by atoms with Crippen LogP contribution in [0.3, 0.4) is 0 Å². The first-order valence-electron chi connectivity index (χ1n) is 17.7. The topological polar surface area (TPSA) is 190 Å². The van der Waals surface area contributed by atoms with Gasteiger partial charge in [-0.15, -0.1) is 8.83 Å². The molecule has 2 atom stereocenters. The van der Waals surface area contributed by atoms with Crippen LogP contribution in [0.5, 0.6) is 11.5 Å². The predicted octanol–water partition coefficient (Wildman–Crippen LogP) is 4.79. The second kappa shape index (κ2) is 15.5. The second-order valence-corrected chi connectivity index (χ2v) is 16.8. The Morgan fingerprint density at radius 1 is 0.618 bits per heavy atom. The zero-order valence-electron chi connectivity index (χ0n) is 30.1. The lowest BCUT2D eigenvalue weighted by atomic mass is 9.88. The molecule has 2 fully saturated rings. The fourth-order valence-corrected chi connectivity index (χ4v) is 10.4. The van der Waals surface area contributed by atoms with E-state index in [0.29, 0.717) is 50.1 Å². The molecule has 0 bridgehead atoms. The maximum Gasteiger partial charge on any atom is 0.348 e. The molecule has 2 heterocycles. The third-order valence-electron chi connectivity index (χ3n) is 9.71. The molecular weight excluding hydrogens is 749 g/mol. The lowest BCUT2D eigenvalue weighted by Gasteiger charge is -2.27. The fourth-order valence-electron chi connectivity index (χ4n) is 6.94. The van der Waals surface area contributed by atoms with Crippen molar-refractivity contribution in [2.45, 2.75) is 46.0 Å². The number of carbonyl (C=O) groups excluding carboxylic acids is 4. The van der Waals surface area contributed by atoms with Gasteiger partial charge in [0, 0.05) is 23.0 Å². The van der Waals surface area contributed by atoms with Crippen molar-refractivity contribution >= 4 is 55.2 Å². The van der Waals surface area contributed by atoms with Crippen LogP contribution in [-0.4, -0.2) is 72.3 Å². The summed E-state index contributed by atoms with van der Waals surface area (Å²) in [6, 6.07) is 25.5. The number of phenolic OH excluding ortho intramolecular Hbond substituents is 2. The number of hydrogen-bond acceptors (Lipinski definition) is 10. The number of hydrogen-bond donors (Lipinski definition) is 2. The van der Waals surface area contributed by atoms with Crippen molar-refractivity contribution in [2.75, 3.05) is 21.7 Å². The van der Waals surface area contributed by atoms with Gasteiger partial charge in [0.05, 0.1) is 11.4 Å². The number of carbonyl (C=O) groups is 4. The summed E-state index contributed by atoms with van der Waals surface area (Å²) in [5.74, 6) is -4.70. The van der Waals surface area contributed by atoms with Gasteiger partial charge in [-0.25, -0.2) is 8.61 Å². The summed E-state index contributed by atoms with van der Waals surface area (Å²) in [7, 11) is -10.2. The van der Waals surface area contributed by atoms with Gasteiger partial charge in [-0.3, -0.25) is 19.2 Å². The highest BCUT2D eigenvalue weighted by Crippen LogP contribution is 2.40. The van der Waals surface area contributed by atoms with Gasteiger partial charge < -0.3 is 10.2 Å². The van der Waals surface area contributed by atoms with E-state index in [1.54, 1.807) is 60.7 Å². The normalized spacial score (nSPS) is 17.4. The molecule has 4 aromatic rings. The molecule has 2 unspecified atom stereocenters. The Balaban J connectivity index is 1.21. The molecule has 2 aliphatic rings. The second-order valence-electron chi connectivity index (χ2n) is 13.4. The number of amides is 2. The van der Waals surface area contributed by atoms with Gasteiger partial charge in [-0.05, 0) is 61.1 Å². The van der Waals surface area contributed by atoms with Crippen molar-refractivity contribution in [2.24, 2.45) is 11.8 Å². The third kappa shape index (κ3) is 7.51. The van der Waals surface area contributed by atoms with E-state index in [2.05, 4.69) is 0 Å². The Kier molecular flexibility index (Phi) is 11.0. The molecule has 6 rings (SSSR count). The minimum absolute atomic E-state index is 0.0790. The Hall–Kier alpha value is -5.74. The van der Waals surface area contributed by atoms with Gasteiger partial charge in [0.25, 0.3) is 11.8 Å². The Morgan fingerprint density at radius 2 is 1.02 bits per heavy atom. The number of Topliss-reactive ketones (excluding diaryl/α,β-unsaturated/α-hetero) is 2. The first-order valence-corrected chi connectivity index (χ1v) is 20.5. The first kappa shape index (κ1) is 39.0. The summed E-state index contributed by atoms with van der Waals surface area (Å²) < 4.78 is 56.0. The van der Waals surface area contributed by atoms with Gasteiger partial charge in [-0.2, -0.15) is 16.8 Å². The highest BCUT2D eigenvalue weighted by Gasteiger charge is 2.57. The number of phenols is 2. The largest absolute Gasteiger partial charge is 0.506 e. The molecule has 4 aromatic carbocycles. The number of hydrazine groups is 1. The monoisotopic (exact) mass is 788 g/mol. The molecule has 0 aromatic heterocycles. The van der Waals surface area contributed by atoms with Crippen LogP contribution in [-0.2, 0) is 42.8 Å². The van der Waals surface area contributed by atoms with Crippen LogP contribution in [0.4, 0.5) is 11.4 Å². The SMILES string of the molecule is CCCC(Cc1ccc(N2CC(=O)N(N3C(=O)CN(c4ccc(CC(CC)C(=O)c5ccccc5)cc4O)S3(=O)=O)S2(=O)=O)c(O)c1)C(=O)c1ccccc1. The molecule has 0 saturated carbocycles. The van der Waals surface area contributed by atoms with Crippen LogP contribution >= 0.6 is 0 Å². The van der Waals surface area contributed by atoms with Crippen molar-refractivity contribution in [1.82, 2.24) is 8.83 Å². The predicted molar refractivity (Wildman–Crippen MR) is 204 cm³/mol. The fraction of sp³-hybridized carbons (Fsp3) is 0.282. The van der Waals surface area contributed by atoms with E-state index < -0.39 is 68.7 Å². The number of rotatable bonds is 14. The smallest absolute Gasteiger partial charge is 0.348 e. The van der Waals surface area contributed by atoms with E-state index >= 15 is 0 Å². The van der Waals surface area contributed by atoms with Crippen molar-refractivity contribution in [3.05, 3.63) is 119 Å². The van der Waals surface area contributed by atoms with E-state index in [0.717, 1.165) is 0 Å². The van der Waals surface area contributed by atoms with Gasteiger partial charge >= 0.3 is 20.4 Å². The Morgan fingerprint density at radius 3 is 1.40 bits per heavy atom. The van der Waals surface area contributed by atoms with Crippen molar-refractivity contribution in [3.8, 4) is 11.5 Å². The van der Waals surface area contributed by atoms with Crippen LogP contribution in [0.25, 0.3) is 0 Å². The average Bonchev–Trinajstić information content (AvgIpc) is 3.53. The standard InChI is InChI=1S/C39H40N4O10S2/c1-3-11-31(39(49)30-14-9-6-10-15-30)21-27-17-19-33(35(45)23-27)41-25-37(47)43(55(41,52)53)42-36(46)24-40(54(42,50)51)32-18-16-26(22-34(32)44)20-28(4-2)38(48)29-12-7-5-8-13-29/h5-10,12-19,22-23,28,31,44-45H,3-4,11,20-21,24-25H2,1-2H3. The van der Waals surface area contributed by atoms with E-state index in [9.17, 15) is 46.2 Å². The number of ketones is 2. The molecule has 0 aliphatic carbocycles. The quantitative estimate of drug-likeness (QED) is 0.168. The summed E-state index contributed by atoms with van der Waals surface area (Å²) in [6.45, 7) is 1.93. The van der Waals surface area contributed by atoms with Gasteiger partial charge in [0.15, 0.2) is 11.6 Å². The van der Waals surface area contributed by atoms with Gasteiger partial charge in [-0.1, -0.05) is 93.1 Å². The first-order chi connectivity index (χ1) is 26.2. The summed E-state index contributed by atoms with van der Waals surface area (Å²) in [4.78, 5) is 52.8. The zero-order chi connectivity index (χ0) is 39.7. The van der Waals surface area contributed by atoms with Crippen LogP contribution in [0.2, 0.25) is 0 Å². The number of benzene rings is 4. The maximum absolute atomic E-state index is 13.8. The molecule has 0 radical (unpaired) electrons. The van der Waals surface area contributed by atoms with E-state index in [1.165, 1.54) is 36.4 Å². The van der Waals surface area contributed by atoms with Crippen molar-refractivity contribution in [3.63, 3.8) is 0 Å². The number of aromatic hydroxyl groups is 2. The highest BCUT2D eigenvalue weighted by molar-refractivity contribution is 7.94. The minimum atomic E-state index is -5.10. The molecule has 2 aliphatic heterocycles. The molecule has 55 heavy (non-hydrogen) atoms. The molecule has 2 N–H and O–H groups in total. The molecular formula is C39H40N4O10S2. The Labute approximate surface area is 319 Å². The van der Waals surface area contributed by atoms with Crippen LogP contribution in [0.1, 0.15) is 65.0 Å². The lowest BCUT2D eigenvalue weighted by molar-refractivity contribution is -0.140. The summed E-state index contributed by atoms with van der Waals surface area (Å²) in [5, 5.41) is 22.0. The molecule has 0 spiro atoms. The van der Waals surface area contributed by atoms with Crippen LogP contribution in [0.15, 0.2) is 97.1 Å². The number of nitrogens with zero attached hydrogens (tertiary/aromatic N) is 4.